The first-order chi connectivity index (χ1) is 8.33. The molecular weight excluding hydrogens is 245 g/mol. The number of benzene rings is 1. The fraction of sp³-hybridized carbons (Fsp3) is 0.417. The molecule has 1 rings (SSSR count). The molecule has 0 fully saturated rings. The minimum atomic E-state index is -4.47. The van der Waals surface area contributed by atoms with Crippen LogP contribution in [0.4, 0.5) is 13.2 Å². The highest BCUT2D eigenvalue weighted by Gasteiger charge is 2.32. The summed E-state index contributed by atoms with van der Waals surface area (Å²) < 4.78 is 36.2. The first kappa shape index (κ1) is 14.5. The number of hydrogen-bond acceptors (Lipinski definition) is 2. The number of alkyl halides is 3. The molecule has 1 aromatic carbocycles. The van der Waals surface area contributed by atoms with Gasteiger partial charge >= 0.3 is 6.18 Å². The average Bonchev–Trinajstić information content (AvgIpc) is 2.27. The molecule has 0 aliphatic rings. The molecule has 0 heterocycles. The lowest BCUT2D eigenvalue weighted by atomic mass is 10.1. The van der Waals surface area contributed by atoms with Crippen LogP contribution in [0.25, 0.3) is 0 Å². The number of carbonyl (C=O) groups excluding carboxylic acids is 1. The predicted molar refractivity (Wildman–Crippen MR) is 61.5 cm³/mol. The van der Waals surface area contributed by atoms with Crippen LogP contribution in [0.15, 0.2) is 24.3 Å². The lowest BCUT2D eigenvalue weighted by Crippen LogP contribution is -2.30. The van der Waals surface area contributed by atoms with E-state index in [9.17, 15) is 18.0 Å². The molecule has 100 valence electrons. The minimum absolute atomic E-state index is 0.127. The third kappa shape index (κ3) is 4.37. The molecule has 1 aromatic rings. The smallest absolute Gasteiger partial charge is 0.341 e. The second kappa shape index (κ2) is 5.86. The summed E-state index contributed by atoms with van der Waals surface area (Å²) in [6, 6.07) is 7.09. The van der Waals surface area contributed by atoms with Crippen molar-refractivity contribution in [2.75, 3.05) is 7.05 Å². The van der Waals surface area contributed by atoms with Gasteiger partial charge in [-0.15, -0.1) is 0 Å². The van der Waals surface area contributed by atoms with Gasteiger partial charge in [-0.3, -0.25) is 4.79 Å². The standard InChI is InChI=1S/C12H15F3N2O/c1-17(11(18)6-12(13,14)15)8-10-5-3-2-4-9(10)7-16/h2-5H,6-8,16H2,1H3. The molecular formula is C12H15F3N2O. The van der Waals surface area contributed by atoms with Gasteiger partial charge in [0.15, 0.2) is 0 Å². The van der Waals surface area contributed by atoms with E-state index in [0.29, 0.717) is 0 Å². The van der Waals surface area contributed by atoms with Gasteiger partial charge in [-0.25, -0.2) is 0 Å². The summed E-state index contributed by atoms with van der Waals surface area (Å²) in [6.45, 7) is 0.416. The lowest BCUT2D eigenvalue weighted by molar-refractivity contribution is -0.160. The van der Waals surface area contributed by atoms with Crippen LogP contribution in [-0.2, 0) is 17.9 Å². The quantitative estimate of drug-likeness (QED) is 0.900. The third-order valence-corrected chi connectivity index (χ3v) is 2.52. The average molecular weight is 260 g/mol. The normalized spacial score (nSPS) is 11.4. The summed E-state index contributed by atoms with van der Waals surface area (Å²) in [7, 11) is 1.35. The monoisotopic (exact) mass is 260 g/mol. The molecule has 0 radical (unpaired) electrons. The Balaban J connectivity index is 2.69. The molecule has 0 bridgehead atoms. The molecule has 1 amide bonds. The maximum atomic E-state index is 12.1. The van der Waals surface area contributed by atoms with Crippen LogP contribution in [-0.4, -0.2) is 24.0 Å². The zero-order valence-electron chi connectivity index (χ0n) is 10.00. The molecule has 0 atom stereocenters. The van der Waals surface area contributed by atoms with Gasteiger partial charge in [0, 0.05) is 20.1 Å². The van der Waals surface area contributed by atoms with Crippen molar-refractivity contribution in [1.82, 2.24) is 4.90 Å². The maximum absolute atomic E-state index is 12.1. The van der Waals surface area contributed by atoms with Gasteiger partial charge in [0.05, 0.1) is 0 Å². The van der Waals surface area contributed by atoms with Crippen molar-refractivity contribution in [3.8, 4) is 0 Å². The molecule has 0 unspecified atom stereocenters. The SMILES string of the molecule is CN(Cc1ccccc1CN)C(=O)CC(F)(F)F. The van der Waals surface area contributed by atoms with Crippen LogP contribution < -0.4 is 5.73 Å². The number of halogens is 3. The largest absolute Gasteiger partial charge is 0.397 e. The van der Waals surface area contributed by atoms with E-state index >= 15 is 0 Å². The molecule has 0 aromatic heterocycles. The maximum Gasteiger partial charge on any atom is 0.397 e. The second-order valence-corrected chi connectivity index (χ2v) is 4.01. The molecule has 0 aliphatic carbocycles. The number of nitrogens with two attached hydrogens (primary N) is 1. The Labute approximate surface area is 103 Å². The van der Waals surface area contributed by atoms with Crippen molar-refractivity contribution in [2.45, 2.75) is 25.7 Å². The van der Waals surface area contributed by atoms with E-state index in [1.807, 2.05) is 0 Å². The molecule has 6 heteroatoms. The first-order valence-electron chi connectivity index (χ1n) is 5.41. The van der Waals surface area contributed by atoms with Gasteiger partial charge in [-0.2, -0.15) is 13.2 Å². The van der Waals surface area contributed by atoms with E-state index in [1.165, 1.54) is 7.05 Å². The summed E-state index contributed by atoms with van der Waals surface area (Å²) in [6.07, 6.45) is -5.91. The minimum Gasteiger partial charge on any atom is -0.341 e. The Kier molecular flexibility index (Phi) is 4.72. The number of nitrogens with zero attached hydrogens (tertiary/aromatic N) is 1. The van der Waals surface area contributed by atoms with Gasteiger partial charge in [-0.05, 0) is 11.1 Å². The van der Waals surface area contributed by atoms with E-state index in [0.717, 1.165) is 16.0 Å². The van der Waals surface area contributed by atoms with Crippen molar-refractivity contribution in [2.24, 2.45) is 5.73 Å². The fourth-order valence-corrected chi connectivity index (χ4v) is 1.56. The summed E-state index contributed by atoms with van der Waals surface area (Å²) in [5, 5.41) is 0. The molecule has 0 saturated heterocycles. The van der Waals surface area contributed by atoms with Crippen molar-refractivity contribution in [1.29, 1.82) is 0 Å². The van der Waals surface area contributed by atoms with E-state index < -0.39 is 18.5 Å². The van der Waals surface area contributed by atoms with Crippen molar-refractivity contribution >= 4 is 5.91 Å². The van der Waals surface area contributed by atoms with Crippen LogP contribution in [0.2, 0.25) is 0 Å². The van der Waals surface area contributed by atoms with E-state index in [1.54, 1.807) is 24.3 Å². The van der Waals surface area contributed by atoms with Gasteiger partial charge in [0.1, 0.15) is 6.42 Å². The Morgan fingerprint density at radius 3 is 2.33 bits per heavy atom. The summed E-state index contributed by atoms with van der Waals surface area (Å²) in [5.41, 5.74) is 7.11. The predicted octanol–water partition coefficient (Wildman–Crippen LogP) is 2.06. The van der Waals surface area contributed by atoms with E-state index in [4.69, 9.17) is 5.73 Å². The third-order valence-electron chi connectivity index (χ3n) is 2.52. The fourth-order valence-electron chi connectivity index (χ4n) is 1.56. The van der Waals surface area contributed by atoms with Gasteiger partial charge < -0.3 is 10.6 Å². The number of amides is 1. The van der Waals surface area contributed by atoms with Crippen LogP contribution in [0.3, 0.4) is 0 Å². The highest BCUT2D eigenvalue weighted by Crippen LogP contribution is 2.21. The Morgan fingerprint density at radius 2 is 1.83 bits per heavy atom. The zero-order chi connectivity index (χ0) is 13.8. The molecule has 3 nitrogen and oxygen atoms in total. The summed E-state index contributed by atoms with van der Waals surface area (Å²) in [4.78, 5) is 12.4. The highest BCUT2D eigenvalue weighted by molar-refractivity contribution is 5.76. The van der Waals surface area contributed by atoms with Crippen molar-refractivity contribution < 1.29 is 18.0 Å². The molecule has 18 heavy (non-hydrogen) atoms. The van der Waals surface area contributed by atoms with E-state index in [2.05, 4.69) is 0 Å². The van der Waals surface area contributed by atoms with Crippen molar-refractivity contribution in [3.05, 3.63) is 35.4 Å². The topological polar surface area (TPSA) is 46.3 Å². The number of rotatable bonds is 4. The van der Waals surface area contributed by atoms with Crippen molar-refractivity contribution in [3.63, 3.8) is 0 Å². The lowest BCUT2D eigenvalue weighted by Gasteiger charge is -2.19. The van der Waals surface area contributed by atoms with Crippen LogP contribution >= 0.6 is 0 Å². The molecule has 0 spiro atoms. The summed E-state index contributed by atoms with van der Waals surface area (Å²) in [5.74, 6) is -0.950. The Bertz CT molecular complexity index is 418. The van der Waals surface area contributed by atoms with E-state index in [-0.39, 0.29) is 13.1 Å². The first-order valence-corrected chi connectivity index (χ1v) is 5.41. The highest BCUT2D eigenvalue weighted by atomic mass is 19.4. The van der Waals surface area contributed by atoms with Gasteiger partial charge in [0.25, 0.3) is 0 Å². The number of hydrogen-bond donors (Lipinski definition) is 1. The molecule has 2 N–H and O–H groups in total. The zero-order valence-corrected chi connectivity index (χ0v) is 10.00. The van der Waals surface area contributed by atoms with Gasteiger partial charge in [-0.1, -0.05) is 24.3 Å². The molecule has 0 saturated carbocycles. The Morgan fingerprint density at radius 1 is 1.28 bits per heavy atom. The second-order valence-electron chi connectivity index (χ2n) is 4.01. The summed E-state index contributed by atoms with van der Waals surface area (Å²) >= 11 is 0. The van der Waals surface area contributed by atoms with Crippen LogP contribution in [0, 0.1) is 0 Å². The van der Waals surface area contributed by atoms with Gasteiger partial charge in [0.2, 0.25) is 5.91 Å². The Hall–Kier alpha value is -1.56. The van der Waals surface area contributed by atoms with Crippen LogP contribution in [0.1, 0.15) is 17.5 Å². The molecule has 0 aliphatic heterocycles. The van der Waals surface area contributed by atoms with Crippen LogP contribution in [0.5, 0.6) is 0 Å². The number of carbonyl (C=O) groups is 1.